The van der Waals surface area contributed by atoms with Gasteiger partial charge < -0.3 is 10.6 Å². The van der Waals surface area contributed by atoms with E-state index in [1.165, 1.54) is 6.33 Å². The molecule has 0 spiro atoms. The van der Waals surface area contributed by atoms with Gasteiger partial charge in [-0.1, -0.05) is 0 Å². The lowest BCUT2D eigenvalue weighted by Crippen LogP contribution is -2.03. The maximum Gasteiger partial charge on any atom is 0.131 e. The molecule has 16 heavy (non-hydrogen) atoms. The van der Waals surface area contributed by atoms with Crippen LogP contribution in [-0.4, -0.2) is 22.0 Å². The van der Waals surface area contributed by atoms with E-state index in [2.05, 4.69) is 25.6 Å². The summed E-state index contributed by atoms with van der Waals surface area (Å²) in [6, 6.07) is 1.86. The highest BCUT2D eigenvalue weighted by Crippen LogP contribution is 2.11. The van der Waals surface area contributed by atoms with E-state index in [4.69, 9.17) is 0 Å². The second-order valence-corrected chi connectivity index (χ2v) is 4.31. The lowest BCUT2D eigenvalue weighted by Gasteiger charge is -2.04. The molecule has 0 radical (unpaired) electrons. The van der Waals surface area contributed by atoms with Crippen LogP contribution < -0.4 is 10.6 Å². The molecule has 0 amide bonds. The molecule has 2 heterocycles. The van der Waals surface area contributed by atoms with Gasteiger partial charge in [0.1, 0.15) is 18.0 Å². The Labute approximate surface area is 98.0 Å². The third-order valence-electron chi connectivity index (χ3n) is 2.04. The van der Waals surface area contributed by atoms with Crippen molar-refractivity contribution < 1.29 is 0 Å². The normalized spacial score (nSPS) is 10.1. The second-order valence-electron chi connectivity index (χ2n) is 3.25. The fourth-order valence-electron chi connectivity index (χ4n) is 1.26. The Hall–Kier alpha value is -1.69. The molecule has 0 atom stereocenters. The molecule has 2 aromatic heterocycles. The SMILES string of the molecule is CNc1cc(NCc2csc(C)n2)ncn1. The molecule has 0 aliphatic carbocycles. The van der Waals surface area contributed by atoms with Gasteiger partial charge in [-0.05, 0) is 6.92 Å². The number of anilines is 2. The molecule has 5 nitrogen and oxygen atoms in total. The molecule has 0 bridgehead atoms. The maximum absolute atomic E-state index is 4.37. The first-order chi connectivity index (χ1) is 7.78. The highest BCUT2D eigenvalue weighted by Gasteiger charge is 2.00. The summed E-state index contributed by atoms with van der Waals surface area (Å²) in [5.74, 6) is 1.59. The summed E-state index contributed by atoms with van der Waals surface area (Å²) in [5, 5.41) is 9.29. The fraction of sp³-hybridized carbons (Fsp3) is 0.300. The monoisotopic (exact) mass is 235 g/mol. The van der Waals surface area contributed by atoms with E-state index in [0.717, 1.165) is 22.3 Å². The maximum atomic E-state index is 4.37. The highest BCUT2D eigenvalue weighted by atomic mass is 32.1. The zero-order chi connectivity index (χ0) is 11.4. The Morgan fingerprint density at radius 2 is 2.12 bits per heavy atom. The average molecular weight is 235 g/mol. The number of hydrogen-bond acceptors (Lipinski definition) is 6. The molecule has 0 unspecified atom stereocenters. The Morgan fingerprint density at radius 1 is 1.31 bits per heavy atom. The summed E-state index contributed by atoms with van der Waals surface area (Å²) in [6.07, 6.45) is 1.53. The molecule has 0 aliphatic heterocycles. The van der Waals surface area contributed by atoms with Gasteiger partial charge in [-0.3, -0.25) is 0 Å². The molecular formula is C10H13N5S. The van der Waals surface area contributed by atoms with Crippen LogP contribution >= 0.6 is 11.3 Å². The number of nitrogens with zero attached hydrogens (tertiary/aromatic N) is 3. The predicted octanol–water partition coefficient (Wildman–Crippen LogP) is 1.90. The minimum absolute atomic E-state index is 0.685. The Kier molecular flexibility index (Phi) is 3.31. The van der Waals surface area contributed by atoms with Crippen molar-refractivity contribution in [2.45, 2.75) is 13.5 Å². The smallest absolute Gasteiger partial charge is 0.131 e. The molecule has 6 heteroatoms. The summed E-state index contributed by atoms with van der Waals surface area (Å²) in [5.41, 5.74) is 1.03. The summed E-state index contributed by atoms with van der Waals surface area (Å²) < 4.78 is 0. The van der Waals surface area contributed by atoms with Crippen molar-refractivity contribution >= 4 is 23.0 Å². The number of aryl methyl sites for hydroxylation is 1. The Morgan fingerprint density at radius 3 is 2.81 bits per heavy atom. The first-order valence-electron chi connectivity index (χ1n) is 4.92. The summed E-state index contributed by atoms with van der Waals surface area (Å²) in [4.78, 5) is 12.5. The van der Waals surface area contributed by atoms with Crippen LogP contribution in [0.2, 0.25) is 0 Å². The van der Waals surface area contributed by atoms with E-state index in [0.29, 0.717) is 6.54 Å². The molecule has 2 rings (SSSR count). The fourth-order valence-corrected chi connectivity index (χ4v) is 1.87. The molecule has 0 saturated heterocycles. The molecule has 0 saturated carbocycles. The first-order valence-corrected chi connectivity index (χ1v) is 5.80. The topological polar surface area (TPSA) is 62.7 Å². The van der Waals surface area contributed by atoms with Crippen LogP contribution in [0.5, 0.6) is 0 Å². The lowest BCUT2D eigenvalue weighted by atomic mass is 10.4. The van der Waals surface area contributed by atoms with Crippen molar-refractivity contribution in [1.82, 2.24) is 15.0 Å². The van der Waals surface area contributed by atoms with E-state index in [9.17, 15) is 0 Å². The first kappa shape index (κ1) is 10.8. The van der Waals surface area contributed by atoms with Crippen molar-refractivity contribution in [2.24, 2.45) is 0 Å². The molecule has 84 valence electrons. The molecule has 0 aromatic carbocycles. The predicted molar refractivity (Wildman–Crippen MR) is 65.8 cm³/mol. The molecule has 2 N–H and O–H groups in total. The van der Waals surface area contributed by atoms with Crippen molar-refractivity contribution in [2.75, 3.05) is 17.7 Å². The molecule has 2 aromatic rings. The van der Waals surface area contributed by atoms with E-state index in [1.54, 1.807) is 11.3 Å². The van der Waals surface area contributed by atoms with E-state index in [1.807, 2.05) is 25.4 Å². The van der Waals surface area contributed by atoms with Crippen molar-refractivity contribution in [3.05, 3.63) is 28.5 Å². The number of thiazole rings is 1. The number of aromatic nitrogens is 3. The minimum Gasteiger partial charge on any atom is -0.373 e. The molecule has 0 aliphatic rings. The van der Waals surface area contributed by atoms with Crippen LogP contribution in [0.15, 0.2) is 17.8 Å². The van der Waals surface area contributed by atoms with Crippen LogP contribution in [0.3, 0.4) is 0 Å². The quantitative estimate of drug-likeness (QED) is 0.847. The molecule has 0 fully saturated rings. The Bertz CT molecular complexity index is 468. The van der Waals surface area contributed by atoms with Gasteiger partial charge >= 0.3 is 0 Å². The van der Waals surface area contributed by atoms with Gasteiger partial charge in [0.05, 0.1) is 17.2 Å². The summed E-state index contributed by atoms with van der Waals surface area (Å²) in [6.45, 7) is 2.68. The zero-order valence-electron chi connectivity index (χ0n) is 9.19. The summed E-state index contributed by atoms with van der Waals surface area (Å²) in [7, 11) is 1.83. The van der Waals surface area contributed by atoms with Gasteiger partial charge in [0, 0.05) is 18.5 Å². The van der Waals surface area contributed by atoms with Gasteiger partial charge in [0.15, 0.2) is 0 Å². The van der Waals surface area contributed by atoms with Crippen LogP contribution in [0, 0.1) is 6.92 Å². The van der Waals surface area contributed by atoms with Gasteiger partial charge in [0.2, 0.25) is 0 Å². The molecular weight excluding hydrogens is 222 g/mol. The Balaban J connectivity index is 1.99. The highest BCUT2D eigenvalue weighted by molar-refractivity contribution is 7.09. The van der Waals surface area contributed by atoms with E-state index in [-0.39, 0.29) is 0 Å². The van der Waals surface area contributed by atoms with Crippen molar-refractivity contribution in [3.63, 3.8) is 0 Å². The van der Waals surface area contributed by atoms with Gasteiger partial charge in [-0.25, -0.2) is 15.0 Å². The van der Waals surface area contributed by atoms with E-state index >= 15 is 0 Å². The minimum atomic E-state index is 0.685. The number of nitrogens with one attached hydrogen (secondary N) is 2. The number of hydrogen-bond donors (Lipinski definition) is 2. The van der Waals surface area contributed by atoms with Gasteiger partial charge in [-0.15, -0.1) is 11.3 Å². The number of rotatable bonds is 4. The second kappa shape index (κ2) is 4.89. The third-order valence-corrected chi connectivity index (χ3v) is 2.86. The van der Waals surface area contributed by atoms with Crippen LogP contribution in [-0.2, 0) is 6.54 Å². The van der Waals surface area contributed by atoms with Crippen molar-refractivity contribution in [3.8, 4) is 0 Å². The van der Waals surface area contributed by atoms with Crippen LogP contribution in [0.1, 0.15) is 10.7 Å². The van der Waals surface area contributed by atoms with Gasteiger partial charge in [0.25, 0.3) is 0 Å². The largest absolute Gasteiger partial charge is 0.373 e. The zero-order valence-corrected chi connectivity index (χ0v) is 10.0. The van der Waals surface area contributed by atoms with Crippen LogP contribution in [0.25, 0.3) is 0 Å². The lowest BCUT2D eigenvalue weighted by molar-refractivity contribution is 1.03. The standard InChI is InChI=1S/C10H13N5S/c1-7-15-8(5-16-7)4-12-10-3-9(11-2)13-6-14-10/h3,5-6H,4H2,1-2H3,(H2,11,12,13,14). The van der Waals surface area contributed by atoms with E-state index < -0.39 is 0 Å². The third kappa shape index (κ3) is 2.66. The van der Waals surface area contributed by atoms with Crippen LogP contribution in [0.4, 0.5) is 11.6 Å². The van der Waals surface area contributed by atoms with Gasteiger partial charge in [-0.2, -0.15) is 0 Å². The summed E-state index contributed by atoms with van der Waals surface area (Å²) >= 11 is 1.65. The van der Waals surface area contributed by atoms with Crippen molar-refractivity contribution in [1.29, 1.82) is 0 Å². The average Bonchev–Trinajstić information content (AvgIpc) is 2.73.